The van der Waals surface area contributed by atoms with Gasteiger partial charge < -0.3 is 0 Å². The Bertz CT molecular complexity index is 1380. The molecular formula is C28H16F6. The van der Waals surface area contributed by atoms with Crippen molar-refractivity contribution in [1.29, 1.82) is 0 Å². The predicted octanol–water partition coefficient (Wildman–Crippen LogP) is 9.04. The minimum Gasteiger partial charge on any atom is -0.206 e. The molecule has 6 heteroatoms. The second kappa shape index (κ2) is 9.43. The maximum absolute atomic E-state index is 14.6. The zero-order valence-electron chi connectivity index (χ0n) is 17.6. The lowest BCUT2D eigenvalue weighted by molar-refractivity contribution is 0.448. The largest absolute Gasteiger partial charge is 0.206 e. The van der Waals surface area contributed by atoms with Crippen LogP contribution < -0.4 is 0 Å². The Hall–Kier alpha value is -4.06. The van der Waals surface area contributed by atoms with Crippen molar-refractivity contribution in [3.63, 3.8) is 0 Å². The second-order valence-electron chi connectivity index (χ2n) is 7.47. The zero-order valence-corrected chi connectivity index (χ0v) is 17.6. The summed E-state index contributed by atoms with van der Waals surface area (Å²) in [5.74, 6) is -7.11. The van der Waals surface area contributed by atoms with E-state index in [0.717, 1.165) is 29.3 Å². The van der Waals surface area contributed by atoms with Gasteiger partial charge in [-0.1, -0.05) is 67.2 Å². The number of hydrogen-bond acceptors (Lipinski definition) is 0. The number of allylic oxidation sites excluding steroid dienone is 2. The maximum atomic E-state index is 14.6. The highest BCUT2D eigenvalue weighted by molar-refractivity contribution is 5.74. The van der Waals surface area contributed by atoms with Crippen LogP contribution in [0.15, 0.2) is 97.3 Å². The van der Waals surface area contributed by atoms with Crippen LogP contribution in [-0.4, -0.2) is 0 Å². The van der Waals surface area contributed by atoms with E-state index in [1.807, 2.05) is 0 Å². The summed E-state index contributed by atoms with van der Waals surface area (Å²) in [6.45, 7) is 3.15. The molecule has 0 saturated carbocycles. The lowest BCUT2D eigenvalue weighted by Gasteiger charge is -2.09. The Morgan fingerprint density at radius 3 is 1.50 bits per heavy atom. The van der Waals surface area contributed by atoms with Crippen LogP contribution in [0.4, 0.5) is 26.3 Å². The van der Waals surface area contributed by atoms with Crippen molar-refractivity contribution in [2.24, 2.45) is 0 Å². The topological polar surface area (TPSA) is 0 Å². The molecule has 0 aromatic heterocycles. The third kappa shape index (κ3) is 4.53. The molecular weight excluding hydrogens is 450 g/mol. The molecule has 0 aliphatic carbocycles. The highest BCUT2D eigenvalue weighted by Crippen LogP contribution is 2.31. The highest BCUT2D eigenvalue weighted by Gasteiger charge is 2.13. The van der Waals surface area contributed by atoms with Crippen LogP contribution in [0.1, 0.15) is 5.56 Å². The van der Waals surface area contributed by atoms with Crippen LogP contribution in [0.5, 0.6) is 0 Å². The lowest BCUT2D eigenvalue weighted by Crippen LogP contribution is -1.92. The van der Waals surface area contributed by atoms with Gasteiger partial charge in [0.2, 0.25) is 0 Å². The highest BCUT2D eigenvalue weighted by atomic mass is 19.2. The molecule has 0 radical (unpaired) electrons. The monoisotopic (exact) mass is 466 g/mol. The van der Waals surface area contributed by atoms with E-state index in [1.54, 1.807) is 48.5 Å². The summed E-state index contributed by atoms with van der Waals surface area (Å²) in [4.78, 5) is 0. The third-order valence-corrected chi connectivity index (χ3v) is 5.34. The Labute approximate surface area is 192 Å². The van der Waals surface area contributed by atoms with Crippen molar-refractivity contribution in [3.05, 3.63) is 126 Å². The lowest BCUT2D eigenvalue weighted by atomic mass is 9.97. The maximum Gasteiger partial charge on any atom is 0.194 e. The molecule has 4 aromatic carbocycles. The summed E-state index contributed by atoms with van der Waals surface area (Å²) in [5, 5.41) is 0. The van der Waals surface area contributed by atoms with Gasteiger partial charge in [0, 0.05) is 11.1 Å². The number of rotatable bonds is 5. The molecule has 34 heavy (non-hydrogen) atoms. The van der Waals surface area contributed by atoms with Crippen LogP contribution in [0.25, 0.3) is 39.2 Å². The first kappa shape index (κ1) is 23.1. The van der Waals surface area contributed by atoms with Crippen molar-refractivity contribution in [2.75, 3.05) is 0 Å². The molecule has 4 aromatic rings. The molecule has 0 bridgehead atoms. The van der Waals surface area contributed by atoms with Gasteiger partial charge in [0.1, 0.15) is 5.82 Å². The summed E-state index contributed by atoms with van der Waals surface area (Å²) in [6.07, 6.45) is 0.711. The molecule has 0 heterocycles. The van der Waals surface area contributed by atoms with Crippen LogP contribution >= 0.6 is 0 Å². The van der Waals surface area contributed by atoms with Gasteiger partial charge in [0.25, 0.3) is 0 Å². The van der Waals surface area contributed by atoms with E-state index in [4.69, 9.17) is 0 Å². The minimum atomic E-state index is -1.52. The van der Waals surface area contributed by atoms with Gasteiger partial charge in [-0.05, 0) is 52.1 Å². The standard InChI is InChI=1S/C28H16F6/c1-2-23(29)27(33)20-11-12-22(24(30)13-20)19-9-7-17(8-10-19)16-3-5-18(6-4-16)21-14-25(31)28(34)26(32)15-21/h2-15H,1H2/b27-23+. The first-order chi connectivity index (χ1) is 16.3. The van der Waals surface area contributed by atoms with E-state index in [0.29, 0.717) is 17.2 Å². The van der Waals surface area contributed by atoms with Gasteiger partial charge in [-0.2, -0.15) is 0 Å². The Kier molecular flexibility index (Phi) is 6.41. The van der Waals surface area contributed by atoms with Crippen LogP contribution in [0.2, 0.25) is 0 Å². The average molecular weight is 466 g/mol. The van der Waals surface area contributed by atoms with E-state index in [-0.39, 0.29) is 16.7 Å². The van der Waals surface area contributed by atoms with Gasteiger partial charge in [-0.25, -0.2) is 26.3 Å². The molecule has 0 amide bonds. The van der Waals surface area contributed by atoms with E-state index in [2.05, 4.69) is 6.58 Å². The normalized spacial score (nSPS) is 11.8. The first-order valence-corrected chi connectivity index (χ1v) is 10.1. The number of halogens is 6. The number of hydrogen-bond donors (Lipinski definition) is 0. The molecule has 0 fully saturated rings. The van der Waals surface area contributed by atoms with Gasteiger partial charge in [0.15, 0.2) is 29.1 Å². The summed E-state index contributed by atoms with van der Waals surface area (Å²) in [6, 6.07) is 19.1. The summed E-state index contributed by atoms with van der Waals surface area (Å²) >= 11 is 0. The third-order valence-electron chi connectivity index (χ3n) is 5.34. The van der Waals surface area contributed by atoms with E-state index < -0.39 is 34.9 Å². The van der Waals surface area contributed by atoms with Crippen LogP contribution in [0.3, 0.4) is 0 Å². The van der Waals surface area contributed by atoms with Crippen molar-refractivity contribution in [3.8, 4) is 33.4 Å². The van der Waals surface area contributed by atoms with Crippen molar-refractivity contribution >= 4 is 5.83 Å². The zero-order chi connectivity index (χ0) is 24.4. The Morgan fingerprint density at radius 2 is 1.03 bits per heavy atom. The summed E-state index contributed by atoms with van der Waals surface area (Å²) in [7, 11) is 0. The summed E-state index contributed by atoms with van der Waals surface area (Å²) < 4.78 is 82.0. The van der Waals surface area contributed by atoms with Gasteiger partial charge >= 0.3 is 0 Å². The molecule has 0 aliphatic rings. The smallest absolute Gasteiger partial charge is 0.194 e. The van der Waals surface area contributed by atoms with Crippen molar-refractivity contribution < 1.29 is 26.3 Å². The molecule has 0 nitrogen and oxygen atoms in total. The van der Waals surface area contributed by atoms with E-state index >= 15 is 0 Å². The summed E-state index contributed by atoms with van der Waals surface area (Å²) in [5.41, 5.74) is 2.84. The fraction of sp³-hybridized carbons (Fsp3) is 0. The van der Waals surface area contributed by atoms with Gasteiger partial charge in [-0.3, -0.25) is 0 Å². The SMILES string of the molecule is C=C/C(F)=C(\F)c1ccc(-c2ccc(-c3ccc(-c4cc(F)c(F)c(F)c4)cc3)cc2)c(F)c1. The number of benzene rings is 4. The predicted molar refractivity (Wildman–Crippen MR) is 122 cm³/mol. The Balaban J connectivity index is 1.58. The average Bonchev–Trinajstić information content (AvgIpc) is 2.86. The van der Waals surface area contributed by atoms with Crippen molar-refractivity contribution in [2.45, 2.75) is 0 Å². The van der Waals surface area contributed by atoms with Gasteiger partial charge in [-0.15, -0.1) is 0 Å². The van der Waals surface area contributed by atoms with E-state index in [1.165, 1.54) is 12.1 Å². The molecule has 0 N–H and O–H groups in total. The van der Waals surface area contributed by atoms with E-state index in [9.17, 15) is 26.3 Å². The molecule has 0 unspecified atom stereocenters. The fourth-order valence-corrected chi connectivity index (χ4v) is 3.53. The molecule has 0 spiro atoms. The molecule has 0 saturated heterocycles. The molecule has 0 atom stereocenters. The van der Waals surface area contributed by atoms with Crippen LogP contribution in [0, 0.1) is 23.3 Å². The van der Waals surface area contributed by atoms with Crippen molar-refractivity contribution in [1.82, 2.24) is 0 Å². The first-order valence-electron chi connectivity index (χ1n) is 10.1. The fourth-order valence-electron chi connectivity index (χ4n) is 3.53. The Morgan fingerprint density at radius 1 is 0.559 bits per heavy atom. The molecule has 4 rings (SSSR count). The molecule has 0 aliphatic heterocycles. The minimum absolute atomic E-state index is 0.205. The molecule has 170 valence electrons. The van der Waals surface area contributed by atoms with Gasteiger partial charge in [0.05, 0.1) is 0 Å². The second-order valence-corrected chi connectivity index (χ2v) is 7.47. The quantitative estimate of drug-likeness (QED) is 0.156. The van der Waals surface area contributed by atoms with Crippen LogP contribution in [-0.2, 0) is 0 Å².